The fourth-order valence-corrected chi connectivity index (χ4v) is 0.652. The number of benzene rings is 1. The molecular weight excluding hydrogens is 214 g/mol. The molecule has 0 unspecified atom stereocenters. The van der Waals surface area contributed by atoms with Gasteiger partial charge in [0.2, 0.25) is 0 Å². The van der Waals surface area contributed by atoms with Gasteiger partial charge in [-0.3, -0.25) is 4.48 Å². The van der Waals surface area contributed by atoms with E-state index in [0.29, 0.717) is 0 Å². The maximum Gasteiger partial charge on any atom is 0.132 e. The summed E-state index contributed by atoms with van der Waals surface area (Å²) in [6.45, 7) is -9.76. The van der Waals surface area contributed by atoms with Crippen LogP contribution in [-0.4, -0.2) is 40.1 Å². The Morgan fingerprint density at radius 3 is 2.00 bits per heavy atom. The van der Waals surface area contributed by atoms with Crippen LogP contribution in [0.2, 0.25) is 0 Å². The molecule has 1 rings (SSSR count). The number of quaternary nitrogens is 1. The lowest BCUT2D eigenvalue weighted by Crippen LogP contribution is -2.34. The van der Waals surface area contributed by atoms with Crippen LogP contribution in [0, 0.1) is 0 Å². The van der Waals surface area contributed by atoms with E-state index in [4.69, 9.17) is 16.4 Å². The molecule has 0 saturated carbocycles. The van der Waals surface area contributed by atoms with Crippen LogP contribution in [0.15, 0.2) is 30.3 Å². The molecule has 0 aliphatic rings. The van der Waals surface area contributed by atoms with Crippen molar-refractivity contribution in [1.82, 2.24) is 4.48 Å². The Balaban J connectivity index is 0.000000713. The monoisotopic (exact) mass is 243 g/mol. The van der Waals surface area contributed by atoms with Gasteiger partial charge in [-0.1, -0.05) is 18.2 Å². The summed E-state index contributed by atoms with van der Waals surface area (Å²) in [5.41, 5.74) is -0.289. The number of para-hydroxylation sites is 1. The van der Waals surface area contributed by atoms with Crippen LogP contribution in [0.25, 0.3) is 0 Å². The Hall–Kier alpha value is -0.910. The first-order valence-corrected chi connectivity index (χ1v) is 4.92. The molecule has 0 aliphatic carbocycles. The van der Waals surface area contributed by atoms with Crippen molar-refractivity contribution >= 4 is 15.8 Å². The molecule has 0 aromatic heterocycles. The SMILES string of the molecule is [2H]C([2H])([2H])S(=O)(=O)[O-].[2H]C([2H])([2H])[N+](c1ccccc1)(C([2H])([2H])[2H])C([2H])([2H])[2H]. The van der Waals surface area contributed by atoms with Crippen LogP contribution in [0.5, 0.6) is 0 Å². The highest BCUT2D eigenvalue weighted by atomic mass is 32.2. The van der Waals surface area contributed by atoms with E-state index in [1.54, 1.807) is 6.07 Å². The standard InChI is InChI=1S/C9H14N.CH4O3S/c1-10(2,3)9-7-5-4-6-8-9;1-5(2,3)4/h4-8H,1-3H3;1H3,(H,2,3,4)/q+1;/p-1/i1D3,2D3,3D3;1D3. The van der Waals surface area contributed by atoms with Crippen molar-refractivity contribution in [2.75, 3.05) is 27.1 Å². The summed E-state index contributed by atoms with van der Waals surface area (Å²) >= 11 is 0. The van der Waals surface area contributed by atoms with Gasteiger partial charge >= 0.3 is 0 Å². The lowest BCUT2D eigenvalue weighted by Gasteiger charge is -2.22. The first kappa shape index (κ1) is 3.84. The van der Waals surface area contributed by atoms with Gasteiger partial charge in [0.15, 0.2) is 0 Å². The van der Waals surface area contributed by atoms with E-state index in [0.717, 1.165) is 0 Å². The molecule has 86 valence electrons. The molecule has 0 spiro atoms. The second kappa shape index (κ2) is 5.25. The van der Waals surface area contributed by atoms with Crippen molar-refractivity contribution < 1.29 is 29.4 Å². The smallest absolute Gasteiger partial charge is 0.132 e. The maximum atomic E-state index is 9.53. The lowest BCUT2D eigenvalue weighted by atomic mass is 10.3. The summed E-state index contributed by atoms with van der Waals surface area (Å²) in [5, 5.41) is 0. The quantitative estimate of drug-likeness (QED) is 0.547. The van der Waals surface area contributed by atoms with Gasteiger partial charge in [-0.15, -0.1) is 0 Å². The van der Waals surface area contributed by atoms with Crippen molar-refractivity contribution in [3.05, 3.63) is 30.3 Å². The molecule has 0 aliphatic heterocycles. The molecule has 15 heavy (non-hydrogen) atoms. The zero-order chi connectivity index (χ0) is 22.1. The molecule has 0 atom stereocenters. The molecule has 0 heterocycles. The van der Waals surface area contributed by atoms with Gasteiger partial charge in [-0.25, -0.2) is 8.42 Å². The van der Waals surface area contributed by atoms with Crippen LogP contribution >= 0.6 is 0 Å². The highest BCUT2D eigenvalue weighted by molar-refractivity contribution is 7.84. The van der Waals surface area contributed by atoms with Crippen molar-refractivity contribution in [2.45, 2.75) is 0 Å². The van der Waals surface area contributed by atoms with E-state index >= 15 is 0 Å². The summed E-state index contributed by atoms with van der Waals surface area (Å²) < 4.78 is 112. The Morgan fingerprint density at radius 1 is 1.20 bits per heavy atom. The fraction of sp³-hybridized carbons (Fsp3) is 0.400. The molecule has 0 amide bonds. The highest BCUT2D eigenvalue weighted by Gasteiger charge is 2.08. The minimum absolute atomic E-state index is 0.289. The van der Waals surface area contributed by atoms with Crippen molar-refractivity contribution in [1.29, 1.82) is 0 Å². The van der Waals surface area contributed by atoms with Crippen LogP contribution in [0.4, 0.5) is 5.69 Å². The Morgan fingerprint density at radius 2 is 1.67 bits per heavy atom. The summed E-state index contributed by atoms with van der Waals surface area (Å²) in [5.74, 6) is 0. The zero-order valence-corrected chi connectivity index (χ0v) is 8.28. The van der Waals surface area contributed by atoms with Gasteiger partial charge in [0.05, 0.1) is 43.4 Å². The van der Waals surface area contributed by atoms with E-state index in [1.165, 1.54) is 24.3 Å². The van der Waals surface area contributed by atoms with Crippen molar-refractivity contribution in [3.8, 4) is 0 Å². The third kappa shape index (κ3) is 9.40. The average molecular weight is 243 g/mol. The zero-order valence-electron chi connectivity index (χ0n) is 19.5. The van der Waals surface area contributed by atoms with Crippen molar-refractivity contribution in [2.24, 2.45) is 0 Å². The predicted octanol–water partition coefficient (Wildman–Crippen LogP) is 1.04. The molecule has 0 saturated heterocycles. The molecule has 0 fully saturated rings. The number of hydrogen-bond acceptors (Lipinski definition) is 3. The Kier molecular flexibility index (Phi) is 1.34. The molecule has 0 N–H and O–H groups in total. The van der Waals surface area contributed by atoms with E-state index in [2.05, 4.69) is 0 Å². The third-order valence-electron chi connectivity index (χ3n) is 1.14. The topological polar surface area (TPSA) is 57.2 Å². The number of hydrogen-bond donors (Lipinski definition) is 0. The lowest BCUT2D eigenvalue weighted by molar-refractivity contribution is 0.470. The number of nitrogens with zero attached hydrogens (tertiary/aromatic N) is 1. The Bertz CT molecular complexity index is 681. The first-order chi connectivity index (χ1) is 11.6. The summed E-state index contributed by atoms with van der Waals surface area (Å²) in [6.07, 6.45) is -3.40. The largest absolute Gasteiger partial charge is 0.748 e. The number of rotatable bonds is 1. The minimum Gasteiger partial charge on any atom is -0.748 e. The van der Waals surface area contributed by atoms with Crippen molar-refractivity contribution in [3.63, 3.8) is 0 Å². The highest BCUT2D eigenvalue weighted by Crippen LogP contribution is 2.14. The van der Waals surface area contributed by atoms with Gasteiger partial charge in [-0.2, -0.15) is 0 Å². The second-order valence-corrected chi connectivity index (χ2v) is 3.37. The van der Waals surface area contributed by atoms with Crippen LogP contribution in [0.3, 0.4) is 0 Å². The molecular formula is C10H17NO3S. The minimum atomic E-state index is -5.09. The first-order valence-electron chi connectivity index (χ1n) is 9.51. The Labute approximate surface area is 108 Å². The molecule has 0 bridgehead atoms. The van der Waals surface area contributed by atoms with Crippen LogP contribution in [0.1, 0.15) is 16.4 Å². The van der Waals surface area contributed by atoms with Gasteiger partial charge in [0, 0.05) is 10.3 Å². The van der Waals surface area contributed by atoms with E-state index in [1.807, 2.05) is 0 Å². The van der Waals surface area contributed by atoms with E-state index < -0.39 is 41.7 Å². The van der Waals surface area contributed by atoms with E-state index in [9.17, 15) is 13.0 Å². The molecule has 1 aromatic rings. The van der Waals surface area contributed by atoms with Crippen LogP contribution in [-0.2, 0) is 10.1 Å². The molecule has 1 aromatic carbocycles. The van der Waals surface area contributed by atoms with Gasteiger partial charge in [-0.05, 0) is 12.1 Å². The van der Waals surface area contributed by atoms with Gasteiger partial charge in [0.25, 0.3) is 0 Å². The van der Waals surface area contributed by atoms with Gasteiger partial charge < -0.3 is 4.55 Å². The molecule has 4 nitrogen and oxygen atoms in total. The second-order valence-electron chi connectivity index (χ2n) is 2.46. The summed E-state index contributed by atoms with van der Waals surface area (Å²) in [6, 6.07) is 6.77. The third-order valence-corrected chi connectivity index (χ3v) is 1.14. The van der Waals surface area contributed by atoms with Gasteiger partial charge in [0.1, 0.15) is 5.69 Å². The molecule has 5 heteroatoms. The predicted molar refractivity (Wildman–Crippen MR) is 61.6 cm³/mol. The average Bonchev–Trinajstić information content (AvgIpc) is 2.33. The summed E-state index contributed by atoms with van der Waals surface area (Å²) in [7, 11) is -5.09. The van der Waals surface area contributed by atoms with E-state index in [-0.39, 0.29) is 5.69 Å². The normalized spacial score (nSPS) is 26.7. The fourth-order valence-electron chi connectivity index (χ4n) is 0.652. The van der Waals surface area contributed by atoms with Crippen LogP contribution < -0.4 is 4.48 Å². The summed E-state index contributed by atoms with van der Waals surface area (Å²) in [4.78, 5) is 0. The molecule has 0 radical (unpaired) electrons. The maximum absolute atomic E-state index is 9.53.